The zero-order valence-corrected chi connectivity index (χ0v) is 18.4. The highest BCUT2D eigenvalue weighted by Gasteiger charge is 2.43. The van der Waals surface area contributed by atoms with Crippen molar-refractivity contribution in [3.63, 3.8) is 0 Å². The Morgan fingerprint density at radius 2 is 1.88 bits per heavy atom. The molecule has 5 rings (SSSR count). The fourth-order valence-electron chi connectivity index (χ4n) is 5.07. The van der Waals surface area contributed by atoms with Crippen LogP contribution in [0.2, 0.25) is 0 Å². The predicted octanol–water partition coefficient (Wildman–Crippen LogP) is 3.88. The normalized spacial score (nSPS) is 21.3. The van der Waals surface area contributed by atoms with Gasteiger partial charge in [0.1, 0.15) is 5.78 Å². The molecule has 1 aromatic heterocycles. The molecule has 0 spiro atoms. The molecule has 0 bridgehead atoms. The number of carboxylic acid groups (broad SMARTS) is 1. The first kappa shape index (κ1) is 21.5. The molecule has 1 aliphatic carbocycles. The summed E-state index contributed by atoms with van der Waals surface area (Å²) >= 11 is 0. The maximum absolute atomic E-state index is 12.8. The van der Waals surface area contributed by atoms with E-state index in [0.717, 1.165) is 36.1 Å². The lowest BCUT2D eigenvalue weighted by molar-refractivity contribution is -0.147. The average Bonchev–Trinajstić information content (AvgIpc) is 3.42. The van der Waals surface area contributed by atoms with Crippen LogP contribution in [0.3, 0.4) is 0 Å². The van der Waals surface area contributed by atoms with E-state index in [9.17, 15) is 9.59 Å². The first-order valence-electron chi connectivity index (χ1n) is 11.5. The molecule has 1 saturated heterocycles. The van der Waals surface area contributed by atoms with Gasteiger partial charge in [0.05, 0.1) is 11.3 Å². The van der Waals surface area contributed by atoms with Crippen LogP contribution in [0, 0.1) is 5.92 Å². The average molecular weight is 446 g/mol. The number of nitrogens with zero attached hydrogens (tertiary/aromatic N) is 3. The van der Waals surface area contributed by atoms with E-state index < -0.39 is 11.4 Å². The molecule has 2 heterocycles. The van der Waals surface area contributed by atoms with Crippen LogP contribution >= 0.6 is 0 Å². The number of carbonyl (C=O) groups excluding carboxylic acids is 1. The number of ketones is 1. The molecule has 1 atom stereocenters. The minimum Gasteiger partial charge on any atom is -0.481 e. The maximum atomic E-state index is 12.8. The molecule has 7 heteroatoms. The zero-order chi connectivity index (χ0) is 22.8. The smallest absolute Gasteiger partial charge is 0.309 e. The first-order valence-corrected chi connectivity index (χ1v) is 11.5. The van der Waals surface area contributed by atoms with Gasteiger partial charge in [-0.1, -0.05) is 59.8 Å². The van der Waals surface area contributed by atoms with Crippen molar-refractivity contribution in [1.82, 2.24) is 15.0 Å². The first-order chi connectivity index (χ1) is 16.0. The summed E-state index contributed by atoms with van der Waals surface area (Å²) in [4.78, 5) is 30.5. The third-order valence-corrected chi connectivity index (χ3v) is 7.03. The van der Waals surface area contributed by atoms with Crippen molar-refractivity contribution in [1.29, 1.82) is 0 Å². The highest BCUT2D eigenvalue weighted by Crippen LogP contribution is 2.42. The number of aromatic nitrogens is 2. The van der Waals surface area contributed by atoms with E-state index in [1.54, 1.807) is 0 Å². The van der Waals surface area contributed by atoms with Crippen LogP contribution in [0.25, 0.3) is 11.4 Å². The highest BCUT2D eigenvalue weighted by atomic mass is 16.5. The van der Waals surface area contributed by atoms with E-state index in [2.05, 4.69) is 15.0 Å². The zero-order valence-electron chi connectivity index (χ0n) is 18.4. The minimum absolute atomic E-state index is 0.248. The third-order valence-electron chi connectivity index (χ3n) is 7.03. The van der Waals surface area contributed by atoms with Crippen molar-refractivity contribution in [3.05, 3.63) is 71.6 Å². The van der Waals surface area contributed by atoms with E-state index in [1.165, 1.54) is 0 Å². The SMILES string of the molecule is O=C(O)C1CN(Cc2ccc(-c3noc(CCC4(c5ccccc5)CCCC4=O)n3)cc2)C1. The van der Waals surface area contributed by atoms with E-state index in [0.29, 0.717) is 49.9 Å². The molecule has 0 amide bonds. The summed E-state index contributed by atoms with van der Waals surface area (Å²) in [6.07, 6.45) is 3.64. The molecule has 2 aromatic carbocycles. The molecule has 2 aliphatic rings. The number of rotatable bonds is 8. The molecule has 3 aromatic rings. The largest absolute Gasteiger partial charge is 0.481 e. The van der Waals surface area contributed by atoms with Gasteiger partial charge in [0.15, 0.2) is 0 Å². The number of Topliss-reactive ketones (excluding diaryl/α,β-unsaturated/α-hetero) is 1. The van der Waals surface area contributed by atoms with Gasteiger partial charge >= 0.3 is 5.97 Å². The second-order valence-corrected chi connectivity index (χ2v) is 9.16. The Kier molecular flexibility index (Phi) is 5.81. The van der Waals surface area contributed by atoms with Crippen LogP contribution in [0.4, 0.5) is 0 Å². The summed E-state index contributed by atoms with van der Waals surface area (Å²) in [6.45, 7) is 1.92. The molecule has 33 heavy (non-hydrogen) atoms. The molecule has 2 fully saturated rings. The number of carboxylic acids is 1. The Bertz CT molecular complexity index is 1140. The number of benzene rings is 2. The van der Waals surface area contributed by atoms with Crippen molar-refractivity contribution >= 4 is 11.8 Å². The van der Waals surface area contributed by atoms with Crippen molar-refractivity contribution < 1.29 is 19.2 Å². The summed E-state index contributed by atoms with van der Waals surface area (Å²) in [7, 11) is 0. The van der Waals surface area contributed by atoms with Gasteiger partial charge in [-0.15, -0.1) is 0 Å². The van der Waals surface area contributed by atoms with E-state index in [4.69, 9.17) is 9.63 Å². The Hall–Kier alpha value is -3.32. The number of hydrogen-bond donors (Lipinski definition) is 1. The third kappa shape index (κ3) is 4.33. The Balaban J connectivity index is 1.22. The Morgan fingerprint density at radius 3 is 2.55 bits per heavy atom. The van der Waals surface area contributed by atoms with Gasteiger partial charge in [0.25, 0.3) is 0 Å². The maximum Gasteiger partial charge on any atom is 0.309 e. The van der Waals surface area contributed by atoms with E-state index in [1.807, 2.05) is 54.6 Å². The molecule has 1 aliphatic heterocycles. The summed E-state index contributed by atoms with van der Waals surface area (Å²) in [6, 6.07) is 18.0. The molecular weight excluding hydrogens is 418 g/mol. The van der Waals surface area contributed by atoms with Gasteiger partial charge in [0, 0.05) is 38.0 Å². The van der Waals surface area contributed by atoms with Crippen LogP contribution in [-0.4, -0.2) is 45.0 Å². The van der Waals surface area contributed by atoms with Gasteiger partial charge in [-0.05, 0) is 30.4 Å². The van der Waals surface area contributed by atoms with Gasteiger partial charge in [-0.2, -0.15) is 4.98 Å². The molecule has 1 saturated carbocycles. The molecule has 1 unspecified atom stereocenters. The quantitative estimate of drug-likeness (QED) is 0.562. The van der Waals surface area contributed by atoms with Crippen LogP contribution in [0.1, 0.15) is 42.7 Å². The van der Waals surface area contributed by atoms with Gasteiger partial charge in [-0.3, -0.25) is 14.5 Å². The van der Waals surface area contributed by atoms with Gasteiger partial charge in [0.2, 0.25) is 11.7 Å². The van der Waals surface area contributed by atoms with Crippen molar-refractivity contribution in [2.24, 2.45) is 5.92 Å². The predicted molar refractivity (Wildman–Crippen MR) is 121 cm³/mol. The molecule has 7 nitrogen and oxygen atoms in total. The van der Waals surface area contributed by atoms with Gasteiger partial charge in [-0.25, -0.2) is 0 Å². The fourth-order valence-corrected chi connectivity index (χ4v) is 5.07. The lowest BCUT2D eigenvalue weighted by Gasteiger charge is -2.36. The molecule has 170 valence electrons. The monoisotopic (exact) mass is 445 g/mol. The van der Waals surface area contributed by atoms with Crippen LogP contribution in [0.15, 0.2) is 59.1 Å². The van der Waals surface area contributed by atoms with E-state index >= 15 is 0 Å². The van der Waals surface area contributed by atoms with Gasteiger partial charge < -0.3 is 9.63 Å². The van der Waals surface area contributed by atoms with Crippen LogP contribution < -0.4 is 0 Å². The number of likely N-dealkylation sites (tertiary alicyclic amines) is 1. The molecular formula is C26H27N3O4. The standard InChI is InChI=1S/C26H27N3O4/c30-22-7-4-13-26(22,21-5-2-1-3-6-21)14-12-23-27-24(28-33-23)19-10-8-18(9-11-19)15-29-16-20(17-29)25(31)32/h1-3,5-6,8-11,20H,4,7,12-17H2,(H,31,32). The van der Waals surface area contributed by atoms with Crippen molar-refractivity contribution in [2.45, 2.75) is 44.1 Å². The summed E-state index contributed by atoms with van der Waals surface area (Å²) < 4.78 is 5.51. The number of aliphatic carboxylic acids is 1. The number of aryl methyl sites for hydroxylation is 1. The fraction of sp³-hybridized carbons (Fsp3) is 0.385. The minimum atomic E-state index is -0.721. The summed E-state index contributed by atoms with van der Waals surface area (Å²) in [5.74, 6) is 0.423. The second-order valence-electron chi connectivity index (χ2n) is 9.16. The topological polar surface area (TPSA) is 96.5 Å². The van der Waals surface area contributed by atoms with Crippen LogP contribution in [-0.2, 0) is 28.0 Å². The highest BCUT2D eigenvalue weighted by molar-refractivity contribution is 5.92. The lowest BCUT2D eigenvalue weighted by Crippen LogP contribution is -2.49. The summed E-state index contributed by atoms with van der Waals surface area (Å²) in [5, 5.41) is 13.1. The number of hydrogen-bond acceptors (Lipinski definition) is 6. The summed E-state index contributed by atoms with van der Waals surface area (Å²) in [5.41, 5.74) is 2.62. The van der Waals surface area contributed by atoms with Crippen LogP contribution in [0.5, 0.6) is 0 Å². The van der Waals surface area contributed by atoms with Crippen molar-refractivity contribution in [3.8, 4) is 11.4 Å². The Morgan fingerprint density at radius 1 is 1.12 bits per heavy atom. The van der Waals surface area contributed by atoms with Crippen molar-refractivity contribution in [2.75, 3.05) is 13.1 Å². The molecule has 1 N–H and O–H groups in total. The van der Waals surface area contributed by atoms with E-state index in [-0.39, 0.29) is 5.92 Å². The Labute approximate surface area is 192 Å². The lowest BCUT2D eigenvalue weighted by atomic mass is 9.74. The molecule has 0 radical (unpaired) electrons. The second kappa shape index (κ2) is 8.90. The number of carbonyl (C=O) groups is 2.